The zero-order valence-electron chi connectivity index (χ0n) is 16.4. The Morgan fingerprint density at radius 2 is 1.85 bits per heavy atom. The number of rotatable bonds is 4. The smallest absolute Gasteiger partial charge is 0.431 e. The van der Waals surface area contributed by atoms with Gasteiger partial charge >= 0.3 is 6.18 Å². The number of halogens is 4. The highest BCUT2D eigenvalue weighted by atomic mass is 79.9. The van der Waals surface area contributed by atoms with E-state index in [9.17, 15) is 18.3 Å². The highest BCUT2D eigenvalue weighted by molar-refractivity contribution is 9.10. The summed E-state index contributed by atoms with van der Waals surface area (Å²) in [6, 6.07) is 3.83. The van der Waals surface area contributed by atoms with Crippen LogP contribution < -0.4 is 5.01 Å². The molecular weight excluding hydrogens is 441 g/mol. The van der Waals surface area contributed by atoms with Gasteiger partial charge in [-0.25, -0.2) is 0 Å². The Labute approximate surface area is 167 Å². The first-order valence-electron chi connectivity index (χ1n) is 8.72. The third-order valence-corrected chi connectivity index (χ3v) is 10.6. The van der Waals surface area contributed by atoms with E-state index < -0.39 is 32.2 Å². The zero-order chi connectivity index (χ0) is 20.8. The summed E-state index contributed by atoms with van der Waals surface area (Å²) in [6.07, 6.45) is -4.51. The number of benzene rings is 1. The van der Waals surface area contributed by atoms with Gasteiger partial charge in [-0.05, 0) is 52.3 Å². The summed E-state index contributed by atoms with van der Waals surface area (Å²) in [7, 11) is -2.13. The van der Waals surface area contributed by atoms with Gasteiger partial charge in [0.05, 0.1) is 18.3 Å². The lowest BCUT2D eigenvalue weighted by Crippen LogP contribution is -2.46. The zero-order valence-corrected chi connectivity index (χ0v) is 18.9. The van der Waals surface area contributed by atoms with Crippen molar-refractivity contribution in [3.8, 4) is 5.75 Å². The van der Waals surface area contributed by atoms with Gasteiger partial charge in [0.2, 0.25) is 0 Å². The normalized spacial score (nSPS) is 21.6. The summed E-state index contributed by atoms with van der Waals surface area (Å²) >= 11 is 3.31. The molecule has 1 N–H and O–H groups in total. The largest absolute Gasteiger partial charge is 0.508 e. The number of anilines is 1. The van der Waals surface area contributed by atoms with Gasteiger partial charge in [0.25, 0.3) is 0 Å². The Balaban J connectivity index is 2.38. The van der Waals surface area contributed by atoms with Gasteiger partial charge in [-0.3, -0.25) is 5.01 Å². The van der Waals surface area contributed by atoms with Crippen LogP contribution in [0.25, 0.3) is 0 Å². The van der Waals surface area contributed by atoms with Crippen molar-refractivity contribution in [2.45, 2.75) is 58.0 Å². The summed E-state index contributed by atoms with van der Waals surface area (Å²) in [5, 5.41) is 14.8. The highest BCUT2D eigenvalue weighted by Gasteiger charge is 2.49. The fourth-order valence-corrected chi connectivity index (χ4v) is 4.20. The molecule has 1 aromatic rings. The Morgan fingerprint density at radius 3 is 2.33 bits per heavy atom. The van der Waals surface area contributed by atoms with E-state index in [2.05, 4.69) is 54.9 Å². The molecule has 2 rings (SSSR count). The molecule has 0 fully saturated rings. The van der Waals surface area contributed by atoms with E-state index in [1.54, 1.807) is 6.07 Å². The van der Waals surface area contributed by atoms with Crippen LogP contribution in [-0.4, -0.2) is 38.0 Å². The van der Waals surface area contributed by atoms with Gasteiger partial charge in [-0.2, -0.15) is 18.3 Å². The van der Waals surface area contributed by atoms with Crippen molar-refractivity contribution in [2.24, 2.45) is 11.0 Å². The van der Waals surface area contributed by atoms with Crippen LogP contribution >= 0.6 is 15.9 Å². The number of phenols is 1. The second-order valence-electron chi connectivity index (χ2n) is 8.39. The standard InChI is InChI=1S/C18H26BrF3N2O2Si/c1-11-15(10-26-27(5,6)17(2,3)4)24(23-16(11)18(20,21)22)14-8-7-12(25)9-13(14)19/h7-9,11,15,25H,10H2,1-6H3. The first-order valence-corrected chi connectivity index (χ1v) is 12.4. The van der Waals surface area contributed by atoms with Gasteiger partial charge < -0.3 is 9.53 Å². The van der Waals surface area contributed by atoms with E-state index in [-0.39, 0.29) is 17.4 Å². The molecule has 0 radical (unpaired) electrons. The number of hydrazone groups is 1. The van der Waals surface area contributed by atoms with Crippen molar-refractivity contribution in [3.05, 3.63) is 22.7 Å². The van der Waals surface area contributed by atoms with Crippen LogP contribution in [0.3, 0.4) is 0 Å². The van der Waals surface area contributed by atoms with Gasteiger partial charge in [-0.15, -0.1) is 0 Å². The molecule has 0 amide bonds. The first kappa shape index (κ1) is 22.2. The fourth-order valence-electron chi connectivity index (χ4n) is 2.63. The molecule has 0 aliphatic carbocycles. The SMILES string of the molecule is CC1C(C(F)(F)F)=NN(c2ccc(O)cc2Br)C1CO[Si](C)(C)C(C)(C)C. The lowest BCUT2D eigenvalue weighted by molar-refractivity contribution is -0.0621. The van der Waals surface area contributed by atoms with E-state index in [0.29, 0.717) is 10.2 Å². The molecule has 0 bridgehead atoms. The van der Waals surface area contributed by atoms with E-state index in [0.717, 1.165) is 0 Å². The van der Waals surface area contributed by atoms with Gasteiger partial charge in [0, 0.05) is 10.4 Å². The second kappa shape index (κ2) is 7.40. The van der Waals surface area contributed by atoms with Crippen molar-refractivity contribution >= 4 is 35.6 Å². The second-order valence-corrected chi connectivity index (χ2v) is 14.1. The van der Waals surface area contributed by atoms with Crippen LogP contribution in [0.5, 0.6) is 5.75 Å². The van der Waals surface area contributed by atoms with E-state index in [4.69, 9.17) is 4.43 Å². The van der Waals surface area contributed by atoms with E-state index in [1.165, 1.54) is 24.1 Å². The van der Waals surface area contributed by atoms with Gasteiger partial charge in [0.1, 0.15) is 11.5 Å². The van der Waals surface area contributed by atoms with Crippen molar-refractivity contribution < 1.29 is 22.7 Å². The topological polar surface area (TPSA) is 45.1 Å². The van der Waals surface area contributed by atoms with E-state index >= 15 is 0 Å². The number of nitrogens with zero attached hydrogens (tertiary/aromatic N) is 2. The molecule has 4 nitrogen and oxygen atoms in total. The van der Waals surface area contributed by atoms with Crippen LogP contribution in [0.2, 0.25) is 18.1 Å². The molecule has 1 aromatic carbocycles. The Morgan fingerprint density at radius 1 is 1.26 bits per heavy atom. The molecule has 1 aliphatic rings. The maximum atomic E-state index is 13.5. The summed E-state index contributed by atoms with van der Waals surface area (Å²) < 4.78 is 47.1. The quantitative estimate of drug-likeness (QED) is 0.560. The Kier molecular flexibility index (Phi) is 6.09. The molecule has 152 valence electrons. The minimum absolute atomic E-state index is 0.0203. The molecule has 0 spiro atoms. The van der Waals surface area contributed by atoms with Crippen LogP contribution in [0.15, 0.2) is 27.8 Å². The summed E-state index contributed by atoms with van der Waals surface area (Å²) in [4.78, 5) is 0. The summed E-state index contributed by atoms with van der Waals surface area (Å²) in [5.41, 5.74) is -0.353. The number of aromatic hydroxyl groups is 1. The molecule has 2 unspecified atom stereocenters. The lowest BCUT2D eigenvalue weighted by atomic mass is 9.97. The predicted molar refractivity (Wildman–Crippen MR) is 108 cm³/mol. The maximum absolute atomic E-state index is 13.5. The Hall–Kier alpha value is -1.06. The van der Waals surface area contributed by atoms with Crippen molar-refractivity contribution in [2.75, 3.05) is 11.6 Å². The third-order valence-electron chi connectivity index (χ3n) is 5.43. The average Bonchev–Trinajstić information content (AvgIpc) is 2.81. The van der Waals surface area contributed by atoms with Crippen molar-refractivity contribution in [3.63, 3.8) is 0 Å². The van der Waals surface area contributed by atoms with Crippen LogP contribution in [0, 0.1) is 5.92 Å². The first-order chi connectivity index (χ1) is 12.1. The average molecular weight is 467 g/mol. The molecule has 27 heavy (non-hydrogen) atoms. The highest BCUT2D eigenvalue weighted by Crippen LogP contribution is 2.41. The number of hydrogen-bond acceptors (Lipinski definition) is 4. The number of hydrogen-bond donors (Lipinski definition) is 1. The van der Waals surface area contributed by atoms with Crippen molar-refractivity contribution in [1.82, 2.24) is 0 Å². The maximum Gasteiger partial charge on any atom is 0.431 e. The summed E-state index contributed by atoms with van der Waals surface area (Å²) in [6.45, 7) is 12.1. The third kappa shape index (κ3) is 4.68. The molecular formula is C18H26BrF3N2O2Si. The van der Waals surface area contributed by atoms with Gasteiger partial charge in [-0.1, -0.05) is 27.7 Å². The van der Waals surface area contributed by atoms with Crippen molar-refractivity contribution in [1.29, 1.82) is 0 Å². The molecule has 1 aliphatic heterocycles. The molecule has 9 heteroatoms. The van der Waals surface area contributed by atoms with Crippen LogP contribution in [0.1, 0.15) is 27.7 Å². The number of alkyl halides is 3. The van der Waals surface area contributed by atoms with Crippen LogP contribution in [-0.2, 0) is 4.43 Å². The monoisotopic (exact) mass is 466 g/mol. The fraction of sp³-hybridized carbons (Fsp3) is 0.611. The number of phenolic OH excluding ortho intramolecular Hbond substituents is 1. The molecule has 1 heterocycles. The van der Waals surface area contributed by atoms with Crippen LogP contribution in [0.4, 0.5) is 18.9 Å². The molecule has 0 aromatic heterocycles. The summed E-state index contributed by atoms with van der Waals surface area (Å²) in [5.74, 6) is -0.817. The predicted octanol–water partition coefficient (Wildman–Crippen LogP) is 5.92. The molecule has 2 atom stereocenters. The minimum Gasteiger partial charge on any atom is -0.508 e. The molecule has 0 saturated carbocycles. The lowest BCUT2D eigenvalue weighted by Gasteiger charge is -2.38. The van der Waals surface area contributed by atoms with E-state index in [1.807, 2.05) is 0 Å². The van der Waals surface area contributed by atoms with Gasteiger partial charge in [0.15, 0.2) is 8.32 Å². The molecule has 0 saturated heterocycles. The Bertz CT molecular complexity index is 732. The minimum atomic E-state index is -4.51.